The molecule has 2 rings (SSSR count). The van der Waals surface area contributed by atoms with Crippen molar-refractivity contribution in [3.63, 3.8) is 0 Å². The molecule has 0 saturated carbocycles. The van der Waals surface area contributed by atoms with Crippen molar-refractivity contribution in [2.45, 2.75) is 6.54 Å². The van der Waals surface area contributed by atoms with E-state index < -0.39 is 0 Å². The highest BCUT2D eigenvalue weighted by atomic mass is 32.2. The second kappa shape index (κ2) is 9.68. The summed E-state index contributed by atoms with van der Waals surface area (Å²) in [4.78, 5) is 23.6. The zero-order chi connectivity index (χ0) is 18.1. The molecule has 0 aliphatic carbocycles. The SMILES string of the molecule is COc1ccc(NC(=O)CSCC(=O)NCc2ccccc2F)cc1. The van der Waals surface area contributed by atoms with Crippen LogP contribution < -0.4 is 15.4 Å². The number of halogens is 1. The normalized spacial score (nSPS) is 10.2. The Balaban J connectivity index is 1.66. The standard InChI is InChI=1S/C18H19FN2O3S/c1-24-15-8-6-14(7-9-15)21-18(23)12-25-11-17(22)20-10-13-4-2-3-5-16(13)19/h2-9H,10-12H2,1H3,(H,20,22)(H,21,23). The van der Waals surface area contributed by atoms with Gasteiger partial charge in [0.1, 0.15) is 11.6 Å². The van der Waals surface area contributed by atoms with Crippen molar-refractivity contribution in [3.8, 4) is 5.75 Å². The highest BCUT2D eigenvalue weighted by Crippen LogP contribution is 2.15. The summed E-state index contributed by atoms with van der Waals surface area (Å²) >= 11 is 1.19. The van der Waals surface area contributed by atoms with Crippen LogP contribution in [0.3, 0.4) is 0 Å². The van der Waals surface area contributed by atoms with E-state index in [-0.39, 0.29) is 35.7 Å². The Labute approximate surface area is 150 Å². The lowest BCUT2D eigenvalue weighted by Gasteiger charge is -2.07. The van der Waals surface area contributed by atoms with Gasteiger partial charge in [0.25, 0.3) is 0 Å². The molecule has 0 fully saturated rings. The van der Waals surface area contributed by atoms with Crippen molar-refractivity contribution in [1.29, 1.82) is 0 Å². The number of ether oxygens (including phenoxy) is 1. The summed E-state index contributed by atoms with van der Waals surface area (Å²) in [6, 6.07) is 13.2. The Morgan fingerprint density at radius 2 is 1.72 bits per heavy atom. The summed E-state index contributed by atoms with van der Waals surface area (Å²) in [5.41, 5.74) is 1.09. The number of nitrogens with one attached hydrogen (secondary N) is 2. The molecule has 0 saturated heterocycles. The molecule has 0 bridgehead atoms. The van der Waals surface area contributed by atoms with Crippen molar-refractivity contribution >= 4 is 29.3 Å². The lowest BCUT2D eigenvalue weighted by Crippen LogP contribution is -2.26. The molecule has 0 aromatic heterocycles. The smallest absolute Gasteiger partial charge is 0.234 e. The first-order valence-electron chi connectivity index (χ1n) is 7.60. The minimum absolute atomic E-state index is 0.129. The maximum atomic E-state index is 13.4. The van der Waals surface area contributed by atoms with Crippen LogP contribution >= 0.6 is 11.8 Å². The minimum atomic E-state index is -0.352. The number of hydrogen-bond acceptors (Lipinski definition) is 4. The number of carbonyl (C=O) groups excluding carboxylic acids is 2. The molecular weight excluding hydrogens is 343 g/mol. The molecular formula is C18H19FN2O3S. The van der Waals surface area contributed by atoms with Gasteiger partial charge in [-0.3, -0.25) is 9.59 Å². The molecule has 0 atom stereocenters. The number of methoxy groups -OCH3 is 1. The van der Waals surface area contributed by atoms with Crippen LogP contribution in [-0.4, -0.2) is 30.4 Å². The topological polar surface area (TPSA) is 67.4 Å². The Morgan fingerprint density at radius 3 is 2.40 bits per heavy atom. The molecule has 0 aliphatic heterocycles. The van der Waals surface area contributed by atoms with Crippen molar-refractivity contribution < 1.29 is 18.7 Å². The average molecular weight is 362 g/mol. The van der Waals surface area contributed by atoms with Crippen molar-refractivity contribution in [2.75, 3.05) is 23.9 Å². The molecule has 0 spiro atoms. The molecule has 0 aliphatic rings. The molecule has 2 N–H and O–H groups in total. The van der Waals surface area contributed by atoms with Gasteiger partial charge in [0.05, 0.1) is 18.6 Å². The van der Waals surface area contributed by atoms with Crippen LogP contribution in [0.25, 0.3) is 0 Å². The number of amides is 2. The van der Waals surface area contributed by atoms with E-state index in [1.54, 1.807) is 49.6 Å². The number of hydrogen-bond donors (Lipinski definition) is 2. The second-order valence-electron chi connectivity index (χ2n) is 5.14. The molecule has 0 heterocycles. The van der Waals surface area contributed by atoms with Crippen LogP contribution in [0.1, 0.15) is 5.56 Å². The van der Waals surface area contributed by atoms with Gasteiger partial charge >= 0.3 is 0 Å². The van der Waals surface area contributed by atoms with Crippen LogP contribution in [-0.2, 0) is 16.1 Å². The quantitative estimate of drug-likeness (QED) is 0.758. The summed E-state index contributed by atoms with van der Waals surface area (Å²) in [6.45, 7) is 0.129. The van der Waals surface area contributed by atoms with Gasteiger partial charge in [-0.1, -0.05) is 18.2 Å². The van der Waals surface area contributed by atoms with E-state index in [9.17, 15) is 14.0 Å². The summed E-state index contributed by atoms with van der Waals surface area (Å²) in [5.74, 6) is 0.194. The fraction of sp³-hybridized carbons (Fsp3) is 0.222. The van der Waals surface area contributed by atoms with Gasteiger partial charge in [-0.15, -0.1) is 11.8 Å². The predicted molar refractivity (Wildman–Crippen MR) is 97.2 cm³/mol. The number of carbonyl (C=O) groups is 2. The molecule has 5 nitrogen and oxygen atoms in total. The first-order chi connectivity index (χ1) is 12.1. The first kappa shape index (κ1) is 18.8. The fourth-order valence-corrected chi connectivity index (χ4v) is 2.64. The summed E-state index contributed by atoms with van der Waals surface area (Å²) in [5, 5.41) is 5.37. The highest BCUT2D eigenvalue weighted by molar-refractivity contribution is 8.00. The predicted octanol–water partition coefficient (Wildman–Crippen LogP) is 2.82. The van der Waals surface area contributed by atoms with Crippen LogP contribution in [0.15, 0.2) is 48.5 Å². The summed E-state index contributed by atoms with van der Waals surface area (Å²) < 4.78 is 18.5. The third-order valence-corrected chi connectivity index (χ3v) is 4.21. The number of anilines is 1. The van der Waals surface area contributed by atoms with Gasteiger partial charge in [0.15, 0.2) is 0 Å². The number of benzene rings is 2. The Bertz CT molecular complexity index is 723. The highest BCUT2D eigenvalue weighted by Gasteiger charge is 2.07. The van der Waals surface area contributed by atoms with Crippen LogP contribution in [0, 0.1) is 5.82 Å². The Morgan fingerprint density at radius 1 is 1.04 bits per heavy atom. The summed E-state index contributed by atoms with van der Waals surface area (Å²) in [7, 11) is 1.57. The molecule has 132 valence electrons. The van der Waals surface area contributed by atoms with Gasteiger partial charge in [0, 0.05) is 17.8 Å². The zero-order valence-electron chi connectivity index (χ0n) is 13.8. The van der Waals surface area contributed by atoms with Crippen molar-refractivity contribution in [1.82, 2.24) is 5.32 Å². The third-order valence-electron chi connectivity index (χ3n) is 3.27. The van der Waals surface area contributed by atoms with E-state index >= 15 is 0 Å². The van der Waals surface area contributed by atoms with Gasteiger partial charge < -0.3 is 15.4 Å². The monoisotopic (exact) mass is 362 g/mol. The van der Waals surface area contributed by atoms with Crippen molar-refractivity contribution in [2.24, 2.45) is 0 Å². The van der Waals surface area contributed by atoms with Crippen LogP contribution in [0.2, 0.25) is 0 Å². The largest absolute Gasteiger partial charge is 0.497 e. The molecule has 0 unspecified atom stereocenters. The van der Waals surface area contributed by atoms with E-state index in [2.05, 4.69) is 10.6 Å². The van der Waals surface area contributed by atoms with E-state index in [0.29, 0.717) is 17.0 Å². The first-order valence-corrected chi connectivity index (χ1v) is 8.75. The minimum Gasteiger partial charge on any atom is -0.497 e. The van der Waals surface area contributed by atoms with E-state index in [4.69, 9.17) is 4.74 Å². The van der Waals surface area contributed by atoms with E-state index in [0.717, 1.165) is 0 Å². The molecule has 2 aromatic carbocycles. The lowest BCUT2D eigenvalue weighted by atomic mass is 10.2. The lowest BCUT2D eigenvalue weighted by molar-refractivity contribution is -0.118. The summed E-state index contributed by atoms with van der Waals surface area (Å²) in [6.07, 6.45) is 0. The maximum absolute atomic E-state index is 13.4. The molecule has 25 heavy (non-hydrogen) atoms. The fourth-order valence-electron chi connectivity index (χ4n) is 1.99. The third kappa shape index (κ3) is 6.46. The molecule has 7 heteroatoms. The van der Waals surface area contributed by atoms with Gasteiger partial charge in [0.2, 0.25) is 11.8 Å². The molecule has 2 amide bonds. The van der Waals surface area contributed by atoms with Crippen molar-refractivity contribution in [3.05, 3.63) is 59.9 Å². The van der Waals surface area contributed by atoms with Crippen LogP contribution in [0.5, 0.6) is 5.75 Å². The molecule has 2 aromatic rings. The Kier molecular flexibility index (Phi) is 7.28. The second-order valence-corrected chi connectivity index (χ2v) is 6.12. The maximum Gasteiger partial charge on any atom is 0.234 e. The van der Waals surface area contributed by atoms with E-state index in [1.807, 2.05) is 0 Å². The van der Waals surface area contributed by atoms with Gasteiger partial charge in [-0.25, -0.2) is 4.39 Å². The van der Waals surface area contributed by atoms with Gasteiger partial charge in [-0.05, 0) is 30.3 Å². The number of thioether (sulfide) groups is 1. The number of rotatable bonds is 8. The average Bonchev–Trinajstić information content (AvgIpc) is 2.61. The zero-order valence-corrected chi connectivity index (χ0v) is 14.6. The van der Waals surface area contributed by atoms with Gasteiger partial charge in [-0.2, -0.15) is 0 Å². The van der Waals surface area contributed by atoms with Crippen LogP contribution in [0.4, 0.5) is 10.1 Å². The molecule has 0 radical (unpaired) electrons. The van der Waals surface area contributed by atoms with E-state index in [1.165, 1.54) is 17.8 Å². The Hall–Kier alpha value is -2.54.